The normalized spacial score (nSPS) is 10.1. The minimum Gasteiger partial charge on any atom is -0.340 e. The lowest BCUT2D eigenvalue weighted by atomic mass is 10.1. The van der Waals surface area contributed by atoms with E-state index >= 15 is 0 Å². The Bertz CT molecular complexity index is 425. The monoisotopic (exact) mass is 232 g/mol. The number of rotatable bonds is 4. The molecule has 3 heteroatoms. The van der Waals surface area contributed by atoms with Crippen molar-refractivity contribution in [3.05, 3.63) is 54.2 Å². The van der Waals surface area contributed by atoms with E-state index in [9.17, 15) is 0 Å². The van der Waals surface area contributed by atoms with Crippen LogP contribution in [0.1, 0.15) is 5.56 Å². The molecule has 0 radical (unpaired) electrons. The summed E-state index contributed by atoms with van der Waals surface area (Å²) in [4.78, 5) is 4.20. The van der Waals surface area contributed by atoms with Gasteiger partial charge in [0.1, 0.15) is 5.82 Å². The second-order valence-corrected chi connectivity index (χ2v) is 3.85. The highest BCUT2D eigenvalue weighted by atomic mass is 35.5. The summed E-state index contributed by atoms with van der Waals surface area (Å²) in [5, 5.41) is 3.23. The Kier molecular flexibility index (Phi) is 3.78. The van der Waals surface area contributed by atoms with Crippen LogP contribution in [0.4, 0.5) is 11.5 Å². The summed E-state index contributed by atoms with van der Waals surface area (Å²) < 4.78 is 0. The summed E-state index contributed by atoms with van der Waals surface area (Å²) in [6.45, 7) is 0. The Morgan fingerprint density at radius 3 is 2.50 bits per heavy atom. The number of hydrogen-bond donors (Lipinski definition) is 1. The maximum Gasteiger partial charge on any atom is 0.130 e. The first-order valence-electron chi connectivity index (χ1n) is 5.21. The first-order chi connectivity index (χ1) is 7.88. The van der Waals surface area contributed by atoms with E-state index in [-0.39, 0.29) is 0 Å². The minimum absolute atomic E-state index is 0.660. The van der Waals surface area contributed by atoms with Crippen LogP contribution in [0.5, 0.6) is 0 Å². The fraction of sp³-hybridized carbons (Fsp3) is 0.154. The van der Waals surface area contributed by atoms with Gasteiger partial charge in [-0.2, -0.15) is 0 Å². The number of pyridine rings is 1. The minimum atomic E-state index is 0.660. The molecule has 2 aromatic rings. The maximum atomic E-state index is 5.68. The largest absolute Gasteiger partial charge is 0.340 e. The summed E-state index contributed by atoms with van der Waals surface area (Å²) in [6.07, 6.45) is 2.68. The van der Waals surface area contributed by atoms with Crippen LogP contribution < -0.4 is 5.32 Å². The SMILES string of the molecule is ClCCc1ccc(Nc2ccccn2)cc1. The third-order valence-electron chi connectivity index (χ3n) is 2.27. The molecule has 0 atom stereocenters. The van der Waals surface area contributed by atoms with E-state index in [1.54, 1.807) is 6.20 Å². The van der Waals surface area contributed by atoms with E-state index < -0.39 is 0 Å². The highest BCUT2D eigenvalue weighted by molar-refractivity contribution is 6.17. The van der Waals surface area contributed by atoms with Gasteiger partial charge in [0.05, 0.1) is 0 Å². The highest BCUT2D eigenvalue weighted by Crippen LogP contribution is 2.15. The molecule has 0 fully saturated rings. The zero-order valence-electron chi connectivity index (χ0n) is 8.86. The van der Waals surface area contributed by atoms with Crippen molar-refractivity contribution in [2.24, 2.45) is 0 Å². The van der Waals surface area contributed by atoms with E-state index in [4.69, 9.17) is 11.6 Å². The van der Waals surface area contributed by atoms with Crippen molar-refractivity contribution in [1.82, 2.24) is 4.98 Å². The molecule has 0 spiro atoms. The molecule has 16 heavy (non-hydrogen) atoms. The van der Waals surface area contributed by atoms with Crippen molar-refractivity contribution in [2.75, 3.05) is 11.2 Å². The number of alkyl halides is 1. The summed E-state index contributed by atoms with van der Waals surface area (Å²) in [5.74, 6) is 1.51. The Hall–Kier alpha value is -1.54. The van der Waals surface area contributed by atoms with Crippen molar-refractivity contribution >= 4 is 23.1 Å². The van der Waals surface area contributed by atoms with Gasteiger partial charge in [0.15, 0.2) is 0 Å². The molecule has 1 N–H and O–H groups in total. The molecule has 0 bridgehead atoms. The van der Waals surface area contributed by atoms with E-state index in [2.05, 4.69) is 22.4 Å². The third-order valence-corrected chi connectivity index (χ3v) is 2.46. The molecule has 82 valence electrons. The molecule has 2 nitrogen and oxygen atoms in total. The van der Waals surface area contributed by atoms with Gasteiger partial charge in [-0.15, -0.1) is 11.6 Å². The van der Waals surface area contributed by atoms with Gasteiger partial charge in [0.25, 0.3) is 0 Å². The molecule has 1 aromatic carbocycles. The van der Waals surface area contributed by atoms with E-state index in [1.807, 2.05) is 30.3 Å². The fourth-order valence-corrected chi connectivity index (χ4v) is 1.67. The highest BCUT2D eigenvalue weighted by Gasteiger charge is 1.95. The van der Waals surface area contributed by atoms with Crippen molar-refractivity contribution in [3.63, 3.8) is 0 Å². The zero-order valence-corrected chi connectivity index (χ0v) is 9.61. The molecule has 2 rings (SSSR count). The molecule has 1 heterocycles. The average Bonchev–Trinajstić information content (AvgIpc) is 2.33. The van der Waals surface area contributed by atoms with Gasteiger partial charge in [0.2, 0.25) is 0 Å². The van der Waals surface area contributed by atoms with Crippen LogP contribution in [0.3, 0.4) is 0 Å². The Balaban J connectivity index is 2.05. The van der Waals surface area contributed by atoms with Gasteiger partial charge in [-0.25, -0.2) is 4.98 Å². The number of nitrogens with one attached hydrogen (secondary N) is 1. The van der Waals surface area contributed by atoms with E-state index in [0.717, 1.165) is 17.9 Å². The second kappa shape index (κ2) is 5.52. The lowest BCUT2D eigenvalue weighted by Crippen LogP contribution is -1.93. The third kappa shape index (κ3) is 2.97. The van der Waals surface area contributed by atoms with E-state index in [0.29, 0.717) is 5.88 Å². The van der Waals surface area contributed by atoms with Gasteiger partial charge in [-0.3, -0.25) is 0 Å². The average molecular weight is 233 g/mol. The number of halogens is 1. The molecular formula is C13H13ClN2. The number of aromatic nitrogens is 1. The molecule has 0 saturated heterocycles. The Morgan fingerprint density at radius 2 is 1.88 bits per heavy atom. The Morgan fingerprint density at radius 1 is 1.06 bits per heavy atom. The van der Waals surface area contributed by atoms with Gasteiger partial charge in [-0.1, -0.05) is 18.2 Å². The Labute approximate surface area is 100 Å². The zero-order chi connectivity index (χ0) is 11.2. The lowest BCUT2D eigenvalue weighted by molar-refractivity contribution is 1.15. The van der Waals surface area contributed by atoms with Crippen molar-refractivity contribution in [3.8, 4) is 0 Å². The van der Waals surface area contributed by atoms with Gasteiger partial charge in [0, 0.05) is 17.8 Å². The van der Waals surface area contributed by atoms with Crippen LogP contribution in [0.25, 0.3) is 0 Å². The van der Waals surface area contributed by atoms with Crippen molar-refractivity contribution < 1.29 is 0 Å². The molecular weight excluding hydrogens is 220 g/mol. The fourth-order valence-electron chi connectivity index (χ4n) is 1.45. The summed E-state index contributed by atoms with van der Waals surface area (Å²) in [6, 6.07) is 14.0. The van der Waals surface area contributed by atoms with Crippen LogP contribution in [0.2, 0.25) is 0 Å². The lowest BCUT2D eigenvalue weighted by Gasteiger charge is -2.05. The molecule has 0 unspecified atom stereocenters. The maximum absolute atomic E-state index is 5.68. The molecule has 0 saturated carbocycles. The number of nitrogens with zero attached hydrogens (tertiary/aromatic N) is 1. The van der Waals surface area contributed by atoms with Crippen LogP contribution in [0, 0.1) is 0 Å². The van der Waals surface area contributed by atoms with Crippen LogP contribution in [-0.2, 0) is 6.42 Å². The van der Waals surface area contributed by atoms with Gasteiger partial charge >= 0.3 is 0 Å². The number of aryl methyl sites for hydroxylation is 1. The van der Waals surface area contributed by atoms with Crippen molar-refractivity contribution in [1.29, 1.82) is 0 Å². The summed E-state index contributed by atoms with van der Waals surface area (Å²) in [7, 11) is 0. The topological polar surface area (TPSA) is 24.9 Å². The number of anilines is 2. The predicted octanol–water partition coefficient (Wildman–Crippen LogP) is 3.61. The first-order valence-corrected chi connectivity index (χ1v) is 5.75. The van der Waals surface area contributed by atoms with Crippen molar-refractivity contribution in [2.45, 2.75) is 6.42 Å². The number of benzene rings is 1. The predicted molar refractivity (Wildman–Crippen MR) is 68.4 cm³/mol. The van der Waals surface area contributed by atoms with Gasteiger partial charge < -0.3 is 5.32 Å². The smallest absolute Gasteiger partial charge is 0.130 e. The number of hydrogen-bond acceptors (Lipinski definition) is 2. The van der Waals surface area contributed by atoms with E-state index in [1.165, 1.54) is 5.56 Å². The standard InChI is InChI=1S/C13H13ClN2/c14-9-8-11-4-6-12(7-5-11)16-13-3-1-2-10-15-13/h1-7,10H,8-9H2,(H,15,16). The molecule has 0 aliphatic carbocycles. The van der Waals surface area contributed by atoms with Gasteiger partial charge in [-0.05, 0) is 36.2 Å². The second-order valence-electron chi connectivity index (χ2n) is 3.48. The van der Waals surface area contributed by atoms with Crippen LogP contribution >= 0.6 is 11.6 Å². The van der Waals surface area contributed by atoms with Crippen LogP contribution in [0.15, 0.2) is 48.7 Å². The quantitative estimate of drug-likeness (QED) is 0.815. The molecule has 0 aliphatic heterocycles. The van der Waals surface area contributed by atoms with Crippen LogP contribution in [-0.4, -0.2) is 10.9 Å². The molecule has 1 aromatic heterocycles. The molecule has 0 aliphatic rings. The molecule has 0 amide bonds. The summed E-state index contributed by atoms with van der Waals surface area (Å²) in [5.41, 5.74) is 2.29. The first kappa shape index (κ1) is 11.0. The summed E-state index contributed by atoms with van der Waals surface area (Å²) >= 11 is 5.68.